The summed E-state index contributed by atoms with van der Waals surface area (Å²) in [5.74, 6) is 0.107. The number of hydrogen-bond donors (Lipinski definition) is 0. The zero-order valence-electron chi connectivity index (χ0n) is 10.5. The molecule has 0 unspecified atom stereocenters. The summed E-state index contributed by atoms with van der Waals surface area (Å²) in [5, 5.41) is 0. The van der Waals surface area contributed by atoms with E-state index in [2.05, 4.69) is 0 Å². The largest absolute Gasteiger partial charge is 0.383 e. The van der Waals surface area contributed by atoms with E-state index in [0.717, 1.165) is 11.3 Å². The van der Waals surface area contributed by atoms with Crippen LogP contribution in [0.5, 0.6) is 0 Å². The Kier molecular flexibility index (Phi) is 3.00. The Labute approximate surface area is 103 Å². The summed E-state index contributed by atoms with van der Waals surface area (Å²) in [4.78, 5) is 14.1. The van der Waals surface area contributed by atoms with E-state index >= 15 is 0 Å². The van der Waals surface area contributed by atoms with Crippen LogP contribution in [0.15, 0.2) is 18.2 Å². The van der Waals surface area contributed by atoms with Crippen molar-refractivity contribution in [1.82, 2.24) is 0 Å². The first-order valence-electron chi connectivity index (χ1n) is 5.69. The van der Waals surface area contributed by atoms with E-state index in [-0.39, 0.29) is 5.91 Å². The van der Waals surface area contributed by atoms with Gasteiger partial charge in [-0.2, -0.15) is 0 Å². The lowest BCUT2D eigenvalue weighted by molar-refractivity contribution is -0.122. The summed E-state index contributed by atoms with van der Waals surface area (Å²) in [6.45, 7) is 4.97. The minimum Gasteiger partial charge on any atom is -0.383 e. The SMILES string of the molecule is [B]c1ccc2c(c1)N(CCOC)C(=O)C2(C)C. The molecule has 0 fully saturated rings. The zero-order valence-corrected chi connectivity index (χ0v) is 10.5. The Morgan fingerprint density at radius 2 is 2.12 bits per heavy atom. The molecule has 1 aliphatic rings. The van der Waals surface area contributed by atoms with Crippen LogP contribution in [0.1, 0.15) is 19.4 Å². The maximum atomic E-state index is 12.3. The summed E-state index contributed by atoms with van der Waals surface area (Å²) in [5.41, 5.74) is 2.15. The first-order valence-corrected chi connectivity index (χ1v) is 5.69. The zero-order chi connectivity index (χ0) is 12.6. The van der Waals surface area contributed by atoms with Crippen LogP contribution in [0.25, 0.3) is 0 Å². The van der Waals surface area contributed by atoms with Gasteiger partial charge in [-0.3, -0.25) is 4.79 Å². The van der Waals surface area contributed by atoms with Crippen molar-refractivity contribution in [2.45, 2.75) is 19.3 Å². The van der Waals surface area contributed by atoms with Gasteiger partial charge in [0.2, 0.25) is 5.91 Å². The van der Waals surface area contributed by atoms with Crippen molar-refractivity contribution in [3.63, 3.8) is 0 Å². The number of methoxy groups -OCH3 is 1. The van der Waals surface area contributed by atoms with Gasteiger partial charge in [0.1, 0.15) is 7.85 Å². The quantitative estimate of drug-likeness (QED) is 0.716. The van der Waals surface area contributed by atoms with Crippen LogP contribution in [0, 0.1) is 0 Å². The Bertz CT molecular complexity index is 457. The first-order chi connectivity index (χ1) is 7.98. The lowest BCUT2D eigenvalue weighted by Gasteiger charge is -2.20. The summed E-state index contributed by atoms with van der Waals surface area (Å²) >= 11 is 0. The lowest BCUT2D eigenvalue weighted by atomic mass is 9.84. The molecule has 0 aliphatic carbocycles. The summed E-state index contributed by atoms with van der Waals surface area (Å²) in [6, 6.07) is 5.64. The molecule has 3 nitrogen and oxygen atoms in total. The van der Waals surface area contributed by atoms with E-state index in [1.54, 1.807) is 12.0 Å². The van der Waals surface area contributed by atoms with Gasteiger partial charge < -0.3 is 9.64 Å². The fourth-order valence-corrected chi connectivity index (χ4v) is 2.27. The van der Waals surface area contributed by atoms with Gasteiger partial charge in [-0.25, -0.2) is 0 Å². The molecule has 0 bridgehead atoms. The normalized spacial score (nSPS) is 17.4. The van der Waals surface area contributed by atoms with E-state index in [9.17, 15) is 4.79 Å². The van der Waals surface area contributed by atoms with Gasteiger partial charge in [0.05, 0.1) is 12.0 Å². The van der Waals surface area contributed by atoms with Crippen LogP contribution >= 0.6 is 0 Å². The first kappa shape index (κ1) is 12.2. The highest BCUT2D eigenvalue weighted by molar-refractivity contribution is 6.33. The Morgan fingerprint density at radius 3 is 2.76 bits per heavy atom. The van der Waals surface area contributed by atoms with Crippen LogP contribution in [0.4, 0.5) is 5.69 Å². The highest BCUT2D eigenvalue weighted by Gasteiger charge is 2.43. The smallest absolute Gasteiger partial charge is 0.237 e. The maximum Gasteiger partial charge on any atom is 0.237 e. The Balaban J connectivity index is 2.45. The van der Waals surface area contributed by atoms with Gasteiger partial charge in [0.25, 0.3) is 0 Å². The third-order valence-electron chi connectivity index (χ3n) is 3.28. The van der Waals surface area contributed by atoms with Gasteiger partial charge in [-0.15, -0.1) is 0 Å². The average Bonchev–Trinajstić information content (AvgIpc) is 2.45. The molecule has 2 rings (SSSR count). The second kappa shape index (κ2) is 4.19. The van der Waals surface area contributed by atoms with Crippen LogP contribution < -0.4 is 10.4 Å². The third kappa shape index (κ3) is 1.87. The van der Waals surface area contributed by atoms with E-state index in [4.69, 9.17) is 12.6 Å². The minimum absolute atomic E-state index is 0.107. The van der Waals surface area contributed by atoms with Gasteiger partial charge in [0, 0.05) is 19.3 Å². The van der Waals surface area contributed by atoms with Crippen LogP contribution in [0.3, 0.4) is 0 Å². The van der Waals surface area contributed by atoms with Crippen molar-refractivity contribution in [2.75, 3.05) is 25.2 Å². The number of amides is 1. The summed E-state index contributed by atoms with van der Waals surface area (Å²) < 4.78 is 5.04. The van der Waals surface area contributed by atoms with E-state index in [1.165, 1.54) is 0 Å². The molecule has 17 heavy (non-hydrogen) atoms. The molecule has 4 heteroatoms. The van der Waals surface area contributed by atoms with Crippen LogP contribution in [0.2, 0.25) is 0 Å². The summed E-state index contributed by atoms with van der Waals surface area (Å²) in [6.07, 6.45) is 0. The molecule has 1 aliphatic heterocycles. The number of ether oxygens (including phenoxy) is 1. The number of rotatable bonds is 3. The van der Waals surface area contributed by atoms with E-state index in [0.29, 0.717) is 18.6 Å². The standard InChI is InChI=1S/C13H16BNO2/c1-13(2)10-5-4-9(14)8-11(10)15(12(13)16)6-7-17-3/h4-5,8H,6-7H2,1-3H3. The molecule has 1 aromatic rings. The van der Waals surface area contributed by atoms with Crippen molar-refractivity contribution < 1.29 is 9.53 Å². The molecule has 2 radical (unpaired) electrons. The molecule has 0 aromatic heterocycles. The Morgan fingerprint density at radius 1 is 1.41 bits per heavy atom. The lowest BCUT2D eigenvalue weighted by Crippen LogP contribution is -2.38. The predicted molar refractivity (Wildman–Crippen MR) is 69.1 cm³/mol. The number of anilines is 1. The molecular weight excluding hydrogens is 213 g/mol. The van der Waals surface area contributed by atoms with Crippen molar-refractivity contribution in [2.24, 2.45) is 0 Å². The van der Waals surface area contributed by atoms with Crippen molar-refractivity contribution in [3.8, 4) is 0 Å². The highest BCUT2D eigenvalue weighted by Crippen LogP contribution is 2.40. The van der Waals surface area contributed by atoms with Gasteiger partial charge in [-0.1, -0.05) is 17.6 Å². The topological polar surface area (TPSA) is 29.5 Å². The molecule has 0 atom stereocenters. The number of carbonyl (C=O) groups excluding carboxylic acids is 1. The predicted octanol–water partition coefficient (Wildman–Crippen LogP) is 0.751. The molecule has 1 aromatic carbocycles. The van der Waals surface area contributed by atoms with Crippen molar-refractivity contribution >= 4 is 24.9 Å². The van der Waals surface area contributed by atoms with E-state index < -0.39 is 5.41 Å². The van der Waals surface area contributed by atoms with Gasteiger partial charge >= 0.3 is 0 Å². The van der Waals surface area contributed by atoms with Crippen LogP contribution in [-0.2, 0) is 14.9 Å². The number of carbonyl (C=O) groups is 1. The number of nitrogens with zero attached hydrogens (tertiary/aromatic N) is 1. The summed E-state index contributed by atoms with van der Waals surface area (Å²) in [7, 11) is 7.42. The fraction of sp³-hybridized carbons (Fsp3) is 0.462. The molecule has 0 saturated heterocycles. The van der Waals surface area contributed by atoms with Gasteiger partial charge in [0.15, 0.2) is 0 Å². The molecule has 88 valence electrons. The molecular formula is C13H16BNO2. The molecule has 0 spiro atoms. The average molecular weight is 229 g/mol. The molecule has 0 saturated carbocycles. The van der Waals surface area contributed by atoms with Gasteiger partial charge in [-0.05, 0) is 25.5 Å². The molecule has 1 heterocycles. The second-order valence-corrected chi connectivity index (χ2v) is 4.85. The molecule has 1 amide bonds. The highest BCUT2D eigenvalue weighted by atomic mass is 16.5. The van der Waals surface area contributed by atoms with Crippen LogP contribution in [-0.4, -0.2) is 34.0 Å². The Hall–Kier alpha value is -1.29. The minimum atomic E-state index is -0.475. The third-order valence-corrected chi connectivity index (χ3v) is 3.28. The van der Waals surface area contributed by atoms with E-state index in [1.807, 2.05) is 32.0 Å². The number of benzene rings is 1. The number of hydrogen-bond acceptors (Lipinski definition) is 2. The van der Waals surface area contributed by atoms with Crippen molar-refractivity contribution in [3.05, 3.63) is 23.8 Å². The van der Waals surface area contributed by atoms with Crippen molar-refractivity contribution in [1.29, 1.82) is 0 Å². The maximum absolute atomic E-state index is 12.3. The second-order valence-electron chi connectivity index (χ2n) is 4.85. The number of fused-ring (bicyclic) bond motifs is 1. The molecule has 0 N–H and O–H groups in total. The monoisotopic (exact) mass is 229 g/mol. The fourth-order valence-electron chi connectivity index (χ4n) is 2.27.